The molecule has 0 aromatic heterocycles. The molecule has 4 heteroatoms. The van der Waals surface area contributed by atoms with Crippen LogP contribution in [-0.4, -0.2) is 4.92 Å². The minimum absolute atomic E-state index is 0.270. The van der Waals surface area contributed by atoms with Gasteiger partial charge in [-0.3, -0.25) is 10.1 Å². The van der Waals surface area contributed by atoms with Gasteiger partial charge in [-0.15, -0.1) is 4.39 Å². The largest absolute Gasteiger partial charge is 0.415 e. The van der Waals surface area contributed by atoms with E-state index in [-0.39, 0.29) is 5.92 Å². The Labute approximate surface area is 89.8 Å². The number of nitro groups is 1. The topological polar surface area (TPSA) is 43.1 Å². The van der Waals surface area contributed by atoms with E-state index >= 15 is 0 Å². The molecule has 86 valence electrons. The van der Waals surface area contributed by atoms with E-state index in [0.717, 1.165) is 18.9 Å². The summed E-state index contributed by atoms with van der Waals surface area (Å²) in [5.41, 5.74) is 1.26. The Kier molecular flexibility index (Phi) is 6.58. The Morgan fingerprint density at radius 2 is 2.07 bits per heavy atom. The second-order valence-electron chi connectivity index (χ2n) is 3.98. The highest BCUT2D eigenvalue weighted by Crippen LogP contribution is 2.14. The van der Waals surface area contributed by atoms with Crippen molar-refractivity contribution in [2.45, 2.75) is 40.0 Å². The summed E-state index contributed by atoms with van der Waals surface area (Å²) in [5, 5.41) is 9.97. The van der Waals surface area contributed by atoms with E-state index in [0.29, 0.717) is 6.42 Å². The van der Waals surface area contributed by atoms with Gasteiger partial charge in [-0.2, -0.15) is 0 Å². The quantitative estimate of drug-likeness (QED) is 0.292. The summed E-state index contributed by atoms with van der Waals surface area (Å²) in [4.78, 5) is 8.97. The highest BCUT2D eigenvalue weighted by Gasteiger charge is 2.08. The summed E-state index contributed by atoms with van der Waals surface area (Å²) in [6, 6.07) is 0. The van der Waals surface area contributed by atoms with Gasteiger partial charge in [0.15, 0.2) is 0 Å². The highest BCUT2D eigenvalue weighted by atomic mass is 19.1. The Morgan fingerprint density at radius 3 is 2.53 bits per heavy atom. The molecule has 0 amide bonds. The van der Waals surface area contributed by atoms with E-state index < -0.39 is 10.9 Å². The molecule has 0 radical (unpaired) electrons. The minimum Gasteiger partial charge on any atom is -0.256 e. The number of allylic oxidation sites excluding steroid dienone is 3. The molecule has 0 heterocycles. The first-order valence-electron chi connectivity index (χ1n) is 5.07. The molecule has 3 nitrogen and oxygen atoms in total. The van der Waals surface area contributed by atoms with Gasteiger partial charge in [-0.25, -0.2) is 0 Å². The molecule has 0 unspecified atom stereocenters. The smallest absolute Gasteiger partial charge is 0.256 e. The normalized spacial score (nSPS) is 13.5. The van der Waals surface area contributed by atoms with Gasteiger partial charge >= 0.3 is 5.95 Å². The maximum atomic E-state index is 12.5. The fourth-order valence-corrected chi connectivity index (χ4v) is 1.15. The summed E-state index contributed by atoms with van der Waals surface area (Å²) in [7, 11) is 0. The predicted octanol–water partition coefficient (Wildman–Crippen LogP) is 3.85. The first-order valence-corrected chi connectivity index (χ1v) is 5.07. The number of nitrogens with zero attached hydrogens (tertiary/aromatic N) is 1. The van der Waals surface area contributed by atoms with E-state index in [1.54, 1.807) is 0 Å². The lowest BCUT2D eigenvalue weighted by atomic mass is 10.0. The first-order chi connectivity index (χ1) is 6.93. The van der Waals surface area contributed by atoms with Gasteiger partial charge < -0.3 is 0 Å². The average Bonchev–Trinajstić information content (AvgIpc) is 2.13. The van der Waals surface area contributed by atoms with Crippen LogP contribution in [0.25, 0.3) is 0 Å². The van der Waals surface area contributed by atoms with Crippen molar-refractivity contribution in [3.8, 4) is 0 Å². The van der Waals surface area contributed by atoms with Crippen molar-refractivity contribution in [1.29, 1.82) is 0 Å². The van der Waals surface area contributed by atoms with Crippen LogP contribution in [0.5, 0.6) is 0 Å². The molecule has 15 heavy (non-hydrogen) atoms. The van der Waals surface area contributed by atoms with Gasteiger partial charge in [0.2, 0.25) is 0 Å². The molecule has 0 aliphatic carbocycles. The number of halogens is 1. The van der Waals surface area contributed by atoms with Crippen molar-refractivity contribution >= 4 is 0 Å². The van der Waals surface area contributed by atoms with Crippen LogP contribution >= 0.6 is 0 Å². The molecule has 1 atom stereocenters. The van der Waals surface area contributed by atoms with Crippen LogP contribution in [0, 0.1) is 16.0 Å². The van der Waals surface area contributed by atoms with Crippen molar-refractivity contribution in [3.05, 3.63) is 33.8 Å². The summed E-state index contributed by atoms with van der Waals surface area (Å²) in [6.07, 6.45) is 5.45. The van der Waals surface area contributed by atoms with Gasteiger partial charge in [-0.1, -0.05) is 18.6 Å². The lowest BCUT2D eigenvalue weighted by Gasteiger charge is -2.05. The van der Waals surface area contributed by atoms with Gasteiger partial charge in [0, 0.05) is 6.08 Å². The third-order valence-electron chi connectivity index (χ3n) is 2.08. The van der Waals surface area contributed by atoms with Crippen LogP contribution in [0.15, 0.2) is 23.7 Å². The molecule has 0 aliphatic rings. The maximum Gasteiger partial charge on any atom is 0.415 e. The van der Waals surface area contributed by atoms with E-state index in [9.17, 15) is 14.5 Å². The van der Waals surface area contributed by atoms with Crippen LogP contribution in [0.3, 0.4) is 0 Å². The molecule has 0 saturated heterocycles. The van der Waals surface area contributed by atoms with E-state index in [2.05, 4.69) is 6.08 Å². The van der Waals surface area contributed by atoms with E-state index in [4.69, 9.17) is 0 Å². The molecule has 0 bridgehead atoms. The van der Waals surface area contributed by atoms with Crippen LogP contribution in [-0.2, 0) is 0 Å². The van der Waals surface area contributed by atoms with Crippen molar-refractivity contribution < 1.29 is 9.31 Å². The van der Waals surface area contributed by atoms with Crippen LogP contribution in [0.2, 0.25) is 0 Å². The highest BCUT2D eigenvalue weighted by molar-refractivity contribution is 4.93. The fourth-order valence-electron chi connectivity index (χ4n) is 1.15. The molecule has 0 spiro atoms. The number of hydrogen-bond acceptors (Lipinski definition) is 2. The summed E-state index contributed by atoms with van der Waals surface area (Å²) in [6.45, 7) is 6.01. The second-order valence-corrected chi connectivity index (χ2v) is 3.98. The molecule has 0 aliphatic heterocycles. The lowest BCUT2D eigenvalue weighted by Crippen LogP contribution is -1.96. The van der Waals surface area contributed by atoms with Crippen molar-refractivity contribution in [3.63, 3.8) is 0 Å². The summed E-state index contributed by atoms with van der Waals surface area (Å²) < 4.78 is 12.5. The standard InChI is InChI=1S/C11H18FNO2/c1-9(2)5-4-6-10(3)7-8-11(12)13(14)15/h5,8,10H,4,6-7H2,1-3H3/b11-8+/t10-/m1/s1. The molecule has 0 rings (SSSR count). The number of hydrogen-bond donors (Lipinski definition) is 0. The average molecular weight is 215 g/mol. The van der Waals surface area contributed by atoms with Crippen LogP contribution < -0.4 is 0 Å². The fraction of sp³-hybridized carbons (Fsp3) is 0.636. The molecule has 0 aromatic rings. The van der Waals surface area contributed by atoms with Gasteiger partial charge in [0.1, 0.15) is 0 Å². The van der Waals surface area contributed by atoms with Crippen LogP contribution in [0.4, 0.5) is 4.39 Å². The van der Waals surface area contributed by atoms with E-state index in [1.165, 1.54) is 5.57 Å². The molecule has 0 N–H and O–H groups in total. The summed E-state index contributed by atoms with van der Waals surface area (Å²) in [5.74, 6) is -0.977. The third kappa shape index (κ3) is 7.85. The van der Waals surface area contributed by atoms with E-state index in [1.807, 2.05) is 20.8 Å². The van der Waals surface area contributed by atoms with Crippen LogP contribution in [0.1, 0.15) is 40.0 Å². The Bertz CT molecular complexity index is 268. The lowest BCUT2D eigenvalue weighted by molar-refractivity contribution is -0.447. The SMILES string of the molecule is CC(C)=CCC[C@@H](C)C/C=C(\F)[N+](=O)[O-]. The zero-order valence-electron chi connectivity index (χ0n) is 9.50. The maximum absolute atomic E-state index is 12.5. The number of rotatable bonds is 6. The molecular formula is C11H18FNO2. The Hall–Kier alpha value is -1.19. The van der Waals surface area contributed by atoms with Crippen molar-refractivity contribution in [2.24, 2.45) is 5.92 Å². The zero-order chi connectivity index (χ0) is 11.8. The van der Waals surface area contributed by atoms with Crippen molar-refractivity contribution in [1.82, 2.24) is 0 Å². The molecular weight excluding hydrogens is 197 g/mol. The third-order valence-corrected chi connectivity index (χ3v) is 2.08. The molecule has 0 fully saturated rings. The van der Waals surface area contributed by atoms with Gasteiger partial charge in [0.05, 0.1) is 4.92 Å². The Morgan fingerprint density at radius 1 is 1.47 bits per heavy atom. The summed E-state index contributed by atoms with van der Waals surface area (Å²) >= 11 is 0. The van der Waals surface area contributed by atoms with Gasteiger partial charge in [-0.05, 0) is 39.0 Å². The Balaban J connectivity index is 3.85. The minimum atomic E-state index is -1.25. The second kappa shape index (κ2) is 7.15. The van der Waals surface area contributed by atoms with Crippen molar-refractivity contribution in [2.75, 3.05) is 0 Å². The molecule has 0 saturated carbocycles. The van der Waals surface area contributed by atoms with Gasteiger partial charge in [0.25, 0.3) is 0 Å². The zero-order valence-corrected chi connectivity index (χ0v) is 9.50. The molecule has 0 aromatic carbocycles. The predicted molar refractivity (Wildman–Crippen MR) is 58.6 cm³/mol. The monoisotopic (exact) mass is 215 g/mol. The first kappa shape index (κ1) is 13.8.